The van der Waals surface area contributed by atoms with Crippen LogP contribution < -0.4 is 5.32 Å². The summed E-state index contributed by atoms with van der Waals surface area (Å²) < 4.78 is 13.4. The van der Waals surface area contributed by atoms with E-state index >= 15 is 0 Å². The predicted molar refractivity (Wildman–Crippen MR) is 80.8 cm³/mol. The van der Waals surface area contributed by atoms with Crippen molar-refractivity contribution in [2.75, 3.05) is 25.0 Å². The van der Waals surface area contributed by atoms with Gasteiger partial charge in [0.05, 0.1) is 11.8 Å². The Morgan fingerprint density at radius 3 is 2.75 bits per heavy atom. The molecule has 1 N–H and O–H groups in total. The summed E-state index contributed by atoms with van der Waals surface area (Å²) in [6.07, 6.45) is 1.13. The number of hydrogen-bond acceptors (Lipinski definition) is 4. The van der Waals surface area contributed by atoms with Crippen molar-refractivity contribution in [3.63, 3.8) is 0 Å². The molecule has 0 aliphatic carbocycles. The van der Waals surface area contributed by atoms with E-state index in [4.69, 9.17) is 0 Å². The molecular formula is C14H20FN3OS. The molecule has 1 fully saturated rings. The minimum atomic E-state index is -0.484. The molecule has 2 atom stereocenters. The number of nitrogens with zero attached hydrogens (tertiary/aromatic N) is 2. The fourth-order valence-electron chi connectivity index (χ4n) is 2.42. The zero-order valence-electron chi connectivity index (χ0n) is 12.0. The second-order valence-corrected chi connectivity index (χ2v) is 6.93. The maximum atomic E-state index is 13.4. The van der Waals surface area contributed by atoms with Gasteiger partial charge in [0.25, 0.3) is 5.91 Å². The maximum absolute atomic E-state index is 13.4. The smallest absolute Gasteiger partial charge is 0.257 e. The SMILES string of the molecule is CCNc1ncc(F)cc1C(=O)N1CC(C)SC(C)C1. The van der Waals surface area contributed by atoms with Gasteiger partial charge in [-0.2, -0.15) is 11.8 Å². The zero-order chi connectivity index (χ0) is 14.7. The Kier molecular flexibility index (Phi) is 4.86. The Morgan fingerprint density at radius 2 is 2.15 bits per heavy atom. The first-order chi connectivity index (χ1) is 9.51. The molecule has 1 aliphatic heterocycles. The van der Waals surface area contributed by atoms with Crippen LogP contribution in [0.2, 0.25) is 0 Å². The molecule has 1 aromatic rings. The van der Waals surface area contributed by atoms with Gasteiger partial charge in [0.1, 0.15) is 11.6 Å². The molecule has 1 aromatic heterocycles. The Labute approximate surface area is 123 Å². The molecule has 0 aromatic carbocycles. The van der Waals surface area contributed by atoms with Crippen LogP contribution in [0.5, 0.6) is 0 Å². The van der Waals surface area contributed by atoms with Crippen LogP contribution >= 0.6 is 11.8 Å². The first-order valence-corrected chi connectivity index (χ1v) is 7.79. The van der Waals surface area contributed by atoms with E-state index in [-0.39, 0.29) is 5.91 Å². The maximum Gasteiger partial charge on any atom is 0.257 e. The van der Waals surface area contributed by atoms with E-state index in [2.05, 4.69) is 24.1 Å². The topological polar surface area (TPSA) is 45.2 Å². The second kappa shape index (κ2) is 6.43. The van der Waals surface area contributed by atoms with Crippen LogP contribution in [-0.2, 0) is 0 Å². The third kappa shape index (κ3) is 3.42. The van der Waals surface area contributed by atoms with Crippen molar-refractivity contribution in [3.05, 3.63) is 23.6 Å². The summed E-state index contributed by atoms with van der Waals surface area (Å²) in [5, 5.41) is 3.81. The molecule has 110 valence electrons. The number of rotatable bonds is 3. The lowest BCUT2D eigenvalue weighted by Gasteiger charge is -2.34. The van der Waals surface area contributed by atoms with Crippen molar-refractivity contribution in [3.8, 4) is 0 Å². The number of anilines is 1. The highest BCUT2D eigenvalue weighted by Crippen LogP contribution is 2.27. The average molecular weight is 297 g/mol. The minimum Gasteiger partial charge on any atom is -0.370 e. The highest BCUT2D eigenvalue weighted by atomic mass is 32.2. The van der Waals surface area contributed by atoms with E-state index in [1.807, 2.05) is 18.7 Å². The number of aromatic nitrogens is 1. The molecule has 2 rings (SSSR count). The molecule has 0 spiro atoms. The molecule has 2 unspecified atom stereocenters. The average Bonchev–Trinajstić information content (AvgIpc) is 2.39. The van der Waals surface area contributed by atoms with Crippen LogP contribution in [0, 0.1) is 5.82 Å². The number of nitrogens with one attached hydrogen (secondary N) is 1. The fraction of sp³-hybridized carbons (Fsp3) is 0.571. The van der Waals surface area contributed by atoms with Crippen molar-refractivity contribution < 1.29 is 9.18 Å². The molecular weight excluding hydrogens is 277 g/mol. The van der Waals surface area contributed by atoms with Gasteiger partial charge in [-0.3, -0.25) is 4.79 Å². The Bertz CT molecular complexity index is 487. The monoisotopic (exact) mass is 297 g/mol. The van der Waals surface area contributed by atoms with Crippen LogP contribution in [0.1, 0.15) is 31.1 Å². The highest BCUT2D eigenvalue weighted by molar-refractivity contribution is 8.00. The minimum absolute atomic E-state index is 0.146. The van der Waals surface area contributed by atoms with Crippen molar-refractivity contribution in [1.29, 1.82) is 0 Å². The van der Waals surface area contributed by atoms with Crippen molar-refractivity contribution in [2.45, 2.75) is 31.3 Å². The van der Waals surface area contributed by atoms with Gasteiger partial charge in [0.2, 0.25) is 0 Å². The summed E-state index contributed by atoms with van der Waals surface area (Å²) in [4.78, 5) is 18.4. The van der Waals surface area contributed by atoms with E-state index < -0.39 is 5.82 Å². The standard InChI is InChI=1S/C14H20FN3OS/c1-4-16-13-12(5-11(15)6-17-13)14(19)18-7-9(2)20-10(3)8-18/h5-6,9-10H,4,7-8H2,1-3H3,(H,16,17). The van der Waals surface area contributed by atoms with Crippen LogP contribution in [0.4, 0.5) is 10.2 Å². The van der Waals surface area contributed by atoms with E-state index in [1.165, 1.54) is 6.07 Å². The van der Waals surface area contributed by atoms with Crippen molar-refractivity contribution in [2.24, 2.45) is 0 Å². The van der Waals surface area contributed by atoms with Crippen LogP contribution in [0.25, 0.3) is 0 Å². The number of pyridine rings is 1. The van der Waals surface area contributed by atoms with Gasteiger partial charge in [-0.15, -0.1) is 0 Å². The molecule has 4 nitrogen and oxygen atoms in total. The normalized spacial score (nSPS) is 22.7. The summed E-state index contributed by atoms with van der Waals surface area (Å²) in [6, 6.07) is 1.27. The predicted octanol–water partition coefficient (Wildman–Crippen LogP) is 2.62. The molecule has 0 bridgehead atoms. The lowest BCUT2D eigenvalue weighted by Crippen LogP contribution is -2.44. The number of amides is 1. The Balaban J connectivity index is 2.25. The van der Waals surface area contributed by atoms with Gasteiger partial charge in [-0.05, 0) is 13.0 Å². The molecule has 2 heterocycles. The molecule has 20 heavy (non-hydrogen) atoms. The van der Waals surface area contributed by atoms with Crippen LogP contribution in [0.3, 0.4) is 0 Å². The summed E-state index contributed by atoms with van der Waals surface area (Å²) in [6.45, 7) is 8.15. The van der Waals surface area contributed by atoms with Gasteiger partial charge in [-0.25, -0.2) is 9.37 Å². The van der Waals surface area contributed by atoms with Crippen molar-refractivity contribution >= 4 is 23.5 Å². The van der Waals surface area contributed by atoms with E-state index in [0.29, 0.717) is 41.5 Å². The summed E-state index contributed by atoms with van der Waals surface area (Å²) in [5.74, 6) is -0.174. The second-order valence-electron chi connectivity index (χ2n) is 5.05. The number of carbonyl (C=O) groups excluding carboxylic acids is 1. The summed E-state index contributed by atoms with van der Waals surface area (Å²) >= 11 is 1.88. The number of halogens is 1. The lowest BCUT2D eigenvalue weighted by molar-refractivity contribution is 0.0753. The quantitative estimate of drug-likeness (QED) is 0.931. The van der Waals surface area contributed by atoms with Crippen molar-refractivity contribution in [1.82, 2.24) is 9.88 Å². The molecule has 1 saturated heterocycles. The molecule has 1 amide bonds. The summed E-state index contributed by atoms with van der Waals surface area (Å²) in [5.41, 5.74) is 0.318. The van der Waals surface area contributed by atoms with E-state index in [1.54, 1.807) is 4.90 Å². The van der Waals surface area contributed by atoms with Gasteiger partial charge in [-0.1, -0.05) is 13.8 Å². The van der Waals surface area contributed by atoms with Crippen LogP contribution in [0.15, 0.2) is 12.3 Å². The third-order valence-electron chi connectivity index (χ3n) is 3.14. The Hall–Kier alpha value is -1.30. The lowest BCUT2D eigenvalue weighted by atomic mass is 10.2. The van der Waals surface area contributed by atoms with Gasteiger partial charge < -0.3 is 10.2 Å². The number of thioether (sulfide) groups is 1. The fourth-order valence-corrected chi connectivity index (χ4v) is 3.75. The highest BCUT2D eigenvalue weighted by Gasteiger charge is 2.28. The molecule has 0 radical (unpaired) electrons. The van der Waals surface area contributed by atoms with E-state index in [0.717, 1.165) is 6.20 Å². The first kappa shape index (κ1) is 15.1. The van der Waals surface area contributed by atoms with Crippen LogP contribution in [-0.4, -0.2) is 45.9 Å². The van der Waals surface area contributed by atoms with Gasteiger partial charge in [0.15, 0.2) is 0 Å². The first-order valence-electron chi connectivity index (χ1n) is 6.85. The van der Waals surface area contributed by atoms with Gasteiger partial charge >= 0.3 is 0 Å². The number of hydrogen-bond donors (Lipinski definition) is 1. The van der Waals surface area contributed by atoms with E-state index in [9.17, 15) is 9.18 Å². The third-order valence-corrected chi connectivity index (χ3v) is 4.36. The molecule has 0 saturated carbocycles. The summed E-state index contributed by atoms with van der Waals surface area (Å²) in [7, 11) is 0. The Morgan fingerprint density at radius 1 is 1.50 bits per heavy atom. The zero-order valence-corrected chi connectivity index (χ0v) is 12.8. The largest absolute Gasteiger partial charge is 0.370 e. The van der Waals surface area contributed by atoms with Gasteiger partial charge in [0, 0.05) is 30.1 Å². The molecule has 1 aliphatic rings. The number of carbonyl (C=O) groups is 1. The molecule has 6 heteroatoms.